The second-order valence-corrected chi connectivity index (χ2v) is 10.6. The molecule has 232 valence electrons. The fourth-order valence-electron chi connectivity index (χ4n) is 1.22. The third-order valence-electron chi connectivity index (χ3n) is 2.77. The van der Waals surface area contributed by atoms with Crippen molar-refractivity contribution in [1.29, 1.82) is 10.5 Å². The molecule has 0 N–H and O–H groups in total. The van der Waals surface area contributed by atoms with Crippen molar-refractivity contribution < 1.29 is 42.9 Å². The third-order valence-corrected chi connectivity index (χ3v) is 7.24. The second-order valence-electron chi connectivity index (χ2n) is 5.63. The zero-order valence-corrected chi connectivity index (χ0v) is 31.4. The monoisotopic (exact) mass is 871 g/mol. The number of nitrogens with zero attached hydrogens (tertiary/aromatic N) is 4. The van der Waals surface area contributed by atoms with Gasteiger partial charge in [-0.2, -0.15) is 30.1 Å². The normalized spacial score (nSPS) is 9.36. The van der Waals surface area contributed by atoms with Gasteiger partial charge in [-0.25, -0.2) is 0 Å². The van der Waals surface area contributed by atoms with Crippen molar-refractivity contribution in [3.8, 4) is 12.1 Å². The van der Waals surface area contributed by atoms with Crippen LogP contribution in [-0.4, -0.2) is 5.97 Å². The first-order valence-corrected chi connectivity index (χ1v) is 13.7. The summed E-state index contributed by atoms with van der Waals surface area (Å²) in [7, 11) is 0. The van der Waals surface area contributed by atoms with E-state index < -0.39 is 5.97 Å². The van der Waals surface area contributed by atoms with Gasteiger partial charge in [0.15, 0.2) is 0 Å². The van der Waals surface area contributed by atoms with Gasteiger partial charge in [0.2, 0.25) is 0 Å². The van der Waals surface area contributed by atoms with Crippen molar-refractivity contribution in [2.24, 2.45) is 0 Å². The molecule has 6 nitrogen and oxygen atoms in total. The first-order valence-electron chi connectivity index (χ1n) is 8.95. The molecule has 0 atom stereocenters. The number of carbonyl (C=O) groups is 1. The molecule has 0 aromatic heterocycles. The zero-order valence-electron chi connectivity index (χ0n) is 19.8. The van der Waals surface area contributed by atoms with Gasteiger partial charge in [-0.15, -0.1) is 9.81 Å². The largest absolute Gasteiger partial charge is 0.826 e. The van der Waals surface area contributed by atoms with Crippen molar-refractivity contribution in [3.63, 3.8) is 0 Å². The maximum Gasteiger partial charge on any atom is 0.0878 e. The molecule has 0 heterocycles. The van der Waals surface area contributed by atoms with Crippen LogP contribution in [0, 0.1) is 35.8 Å². The molecule has 0 bridgehead atoms. The molecule has 0 aliphatic rings. The SMILES string of the molecule is CC(=O)[O-].N#CC([S-])=C([S-])C#N.[C-]#[N+]C([S-])=C([S-])[N+]#[C-].[Ni].[Ni].[S-]c1cc(Cl)c(Cl)cc1[S-].[S-]c1cc(Cl)c(Cl)cc1[S-]. The van der Waals surface area contributed by atoms with Gasteiger partial charge in [0.05, 0.1) is 45.4 Å². The molecule has 0 saturated carbocycles. The second kappa shape index (κ2) is 29.0. The Kier molecular flexibility index (Phi) is 35.1. The van der Waals surface area contributed by atoms with Crippen LogP contribution < -0.4 is 5.11 Å². The topological polar surface area (TPSA) is 96.4 Å². The van der Waals surface area contributed by atoms with E-state index in [0.29, 0.717) is 39.7 Å². The van der Waals surface area contributed by atoms with E-state index in [1.165, 1.54) is 0 Å². The number of aliphatic carboxylic acids is 1. The van der Waals surface area contributed by atoms with Gasteiger partial charge in [-0.05, 0) is 6.92 Å². The van der Waals surface area contributed by atoms with Crippen molar-refractivity contribution in [2.45, 2.75) is 26.5 Å². The molecule has 0 unspecified atom stereocenters. The summed E-state index contributed by atoms with van der Waals surface area (Å²) in [6.07, 6.45) is 0. The number of hydrogen-bond donors (Lipinski definition) is 0. The van der Waals surface area contributed by atoms with E-state index in [4.69, 9.17) is 130 Å². The van der Waals surface area contributed by atoms with E-state index >= 15 is 0 Å². The summed E-state index contributed by atoms with van der Waals surface area (Å²) in [5.41, 5.74) is 0. The number of benzene rings is 2. The fraction of sp³-hybridized carbons (Fsp3) is 0.0455. The molecular weight excluding hydrogens is 868 g/mol. The Hall–Kier alpha value is -0.743. The molecular formula is C22H7Cl4N4Ni2O2S8-9. The minimum Gasteiger partial charge on any atom is -0.826 e. The van der Waals surface area contributed by atoms with E-state index in [2.05, 4.69) is 60.2 Å². The van der Waals surface area contributed by atoms with Crippen LogP contribution in [0.2, 0.25) is 20.1 Å². The average Bonchev–Trinajstić information content (AvgIpc) is 2.89. The Morgan fingerprint density at radius 3 is 0.976 bits per heavy atom. The van der Waals surface area contributed by atoms with Crippen LogP contribution in [0.4, 0.5) is 0 Å². The van der Waals surface area contributed by atoms with Crippen LogP contribution >= 0.6 is 46.4 Å². The molecule has 0 aliphatic carbocycles. The molecule has 0 spiro atoms. The number of carbonyl (C=O) groups excluding carboxylic acids is 1. The van der Waals surface area contributed by atoms with Gasteiger partial charge in [-0.1, -0.05) is 70.7 Å². The molecule has 42 heavy (non-hydrogen) atoms. The number of halogens is 4. The Morgan fingerprint density at radius 2 is 0.857 bits per heavy atom. The predicted molar refractivity (Wildman–Crippen MR) is 174 cm³/mol. The quantitative estimate of drug-likeness (QED) is 0.140. The van der Waals surface area contributed by atoms with Crippen LogP contribution in [0.1, 0.15) is 6.92 Å². The van der Waals surface area contributed by atoms with Crippen molar-refractivity contribution in [1.82, 2.24) is 0 Å². The average molecular weight is 875 g/mol. The minimum absolute atomic E-state index is 0. The van der Waals surface area contributed by atoms with Crippen molar-refractivity contribution >= 4 is 153 Å². The van der Waals surface area contributed by atoms with E-state index in [9.17, 15) is 0 Å². The van der Waals surface area contributed by atoms with Gasteiger partial charge in [-0.3, -0.25) is 9.69 Å². The maximum absolute atomic E-state index is 8.89. The van der Waals surface area contributed by atoms with Crippen LogP contribution in [0.25, 0.3) is 9.69 Å². The number of carboxylic acid groups (broad SMARTS) is 1. The molecule has 0 fully saturated rings. The number of allylic oxidation sites excluding steroid dienone is 2. The van der Waals surface area contributed by atoms with Crippen LogP contribution in [0.15, 0.2) is 63.7 Å². The van der Waals surface area contributed by atoms with Gasteiger partial charge < -0.3 is 111 Å². The van der Waals surface area contributed by atoms with Gasteiger partial charge in [0.25, 0.3) is 0 Å². The van der Waals surface area contributed by atoms with Gasteiger partial charge >= 0.3 is 0 Å². The van der Waals surface area contributed by atoms with E-state index in [0.717, 1.165) is 6.92 Å². The van der Waals surface area contributed by atoms with E-state index in [1.54, 1.807) is 36.4 Å². The summed E-state index contributed by atoms with van der Waals surface area (Å²) < 4.78 is 0. The number of hydrogen-bond acceptors (Lipinski definition) is 12. The summed E-state index contributed by atoms with van der Waals surface area (Å²) in [6, 6.07) is 9.51. The summed E-state index contributed by atoms with van der Waals surface area (Å²) >= 11 is 59.4. The number of carboxylic acids is 1. The third kappa shape index (κ3) is 25.7. The fourth-order valence-corrected chi connectivity index (χ4v) is 3.02. The van der Waals surface area contributed by atoms with E-state index in [1.807, 2.05) is 0 Å². The van der Waals surface area contributed by atoms with Crippen LogP contribution in [0.5, 0.6) is 0 Å². The Labute approximate surface area is 328 Å². The molecule has 2 aromatic rings. The summed E-state index contributed by atoms with van der Waals surface area (Å²) in [5.74, 6) is -1.08. The van der Waals surface area contributed by atoms with Gasteiger partial charge in [0, 0.05) is 49.0 Å². The molecule has 2 rings (SSSR count). The summed E-state index contributed by atoms with van der Waals surface area (Å²) in [4.78, 5) is 16.5. The predicted octanol–water partition coefficient (Wildman–Crippen LogP) is 5.75. The first kappa shape index (κ1) is 50.9. The molecule has 20 heteroatoms. The number of rotatable bonds is 0. The summed E-state index contributed by atoms with van der Waals surface area (Å²) in [5, 5.41) is 26.5. The van der Waals surface area contributed by atoms with Gasteiger partial charge in [0.1, 0.15) is 0 Å². The number of nitriles is 2. The standard InChI is InChI=1S/2C6H4Cl2S2.2C4H2N2S2.C2H4O2.2Ni/c2*7-3-1-5(9)6(10)2-4(3)8;1-5-3(7)4(8)6-2;5-1-3(7)4(8)2-6;1-2(3)4;;/h2*1-2,9-10H;2*7-8H;1H3,(H,3,4);;/p-9. The van der Waals surface area contributed by atoms with Crippen molar-refractivity contribution in [3.05, 3.63) is 87.1 Å². The maximum atomic E-state index is 8.89. The Morgan fingerprint density at radius 1 is 0.690 bits per heavy atom. The molecule has 0 aliphatic heterocycles. The van der Waals surface area contributed by atoms with Crippen LogP contribution in [-0.2, 0) is 139 Å². The van der Waals surface area contributed by atoms with Crippen molar-refractivity contribution in [2.75, 3.05) is 0 Å². The molecule has 0 saturated heterocycles. The molecule has 2 aromatic carbocycles. The van der Waals surface area contributed by atoms with Crippen LogP contribution in [0.3, 0.4) is 0 Å². The Bertz CT molecular complexity index is 1190. The minimum atomic E-state index is -1.08. The zero-order chi connectivity index (χ0) is 32.2. The molecule has 0 amide bonds. The smallest absolute Gasteiger partial charge is 0.0878 e. The Balaban J connectivity index is -0.000000138. The molecule has 0 radical (unpaired) electrons. The summed E-state index contributed by atoms with van der Waals surface area (Å²) in [6.45, 7) is 13.6. The first-order chi connectivity index (χ1) is 18.4. The van der Waals surface area contributed by atoms with E-state index in [-0.39, 0.29) is 52.9 Å².